The average molecular weight is 395 g/mol. The van der Waals surface area contributed by atoms with Crippen LogP contribution < -0.4 is 5.32 Å². The minimum absolute atomic E-state index is 0.00506. The molecule has 8 nitrogen and oxygen atoms in total. The molecule has 150 valence electrons. The number of rotatable bonds is 8. The first-order valence-corrected chi connectivity index (χ1v) is 9.07. The maximum atomic E-state index is 12.6. The quantitative estimate of drug-likeness (QED) is 0.585. The predicted molar refractivity (Wildman–Crippen MR) is 103 cm³/mol. The number of esters is 1. The highest BCUT2D eigenvalue weighted by Gasteiger charge is 2.26. The molecular formula is C21H21N3O5. The Morgan fingerprint density at radius 1 is 0.931 bits per heavy atom. The molecule has 1 aromatic heterocycles. The molecule has 1 heterocycles. The van der Waals surface area contributed by atoms with Gasteiger partial charge in [-0.3, -0.25) is 0 Å². The maximum Gasteiger partial charge on any atom is 0.408 e. The van der Waals surface area contributed by atoms with Crippen molar-refractivity contribution in [2.24, 2.45) is 0 Å². The minimum atomic E-state index is -1.03. The lowest BCUT2D eigenvalue weighted by molar-refractivity contribution is -0.147. The van der Waals surface area contributed by atoms with E-state index in [0.717, 1.165) is 11.1 Å². The summed E-state index contributed by atoms with van der Waals surface area (Å²) in [5.74, 6) is -0.0445. The lowest BCUT2D eigenvalue weighted by Gasteiger charge is -2.16. The summed E-state index contributed by atoms with van der Waals surface area (Å²) in [4.78, 5) is 24.7. The van der Waals surface area contributed by atoms with Gasteiger partial charge in [-0.25, -0.2) is 9.59 Å². The van der Waals surface area contributed by atoms with E-state index in [1.54, 1.807) is 6.92 Å². The molecule has 0 fully saturated rings. The van der Waals surface area contributed by atoms with E-state index in [9.17, 15) is 9.59 Å². The Morgan fingerprint density at radius 2 is 1.52 bits per heavy atom. The number of hydrogen-bond acceptors (Lipinski definition) is 7. The summed E-state index contributed by atoms with van der Waals surface area (Å²) >= 11 is 0. The van der Waals surface area contributed by atoms with Crippen molar-refractivity contribution < 1.29 is 23.5 Å². The van der Waals surface area contributed by atoms with Crippen molar-refractivity contribution >= 4 is 12.1 Å². The number of nitrogens with one attached hydrogen (secondary N) is 1. The highest BCUT2D eigenvalue weighted by Crippen LogP contribution is 2.08. The number of benzene rings is 2. The third kappa shape index (κ3) is 6.46. The van der Waals surface area contributed by atoms with E-state index in [1.165, 1.54) is 0 Å². The number of carbonyl (C=O) groups excluding carboxylic acids is 2. The molecule has 0 unspecified atom stereocenters. The molecule has 1 amide bonds. The highest BCUT2D eigenvalue weighted by molar-refractivity contribution is 5.81. The molecule has 0 aliphatic carbocycles. The fraction of sp³-hybridized carbons (Fsp3) is 0.238. The summed E-state index contributed by atoms with van der Waals surface area (Å²) in [5, 5.41) is 10.1. The molecule has 3 aromatic rings. The van der Waals surface area contributed by atoms with Crippen LogP contribution in [-0.2, 0) is 33.9 Å². The van der Waals surface area contributed by atoms with Gasteiger partial charge in [0.05, 0.1) is 6.42 Å². The number of aryl methyl sites for hydroxylation is 1. The Morgan fingerprint density at radius 3 is 2.07 bits per heavy atom. The SMILES string of the molecule is Cc1nnc(C[C@H](NC(=O)OCc2ccccc2)C(=O)OCc2ccccc2)o1. The van der Waals surface area contributed by atoms with E-state index in [-0.39, 0.29) is 25.5 Å². The molecule has 2 aromatic carbocycles. The molecule has 0 spiro atoms. The van der Waals surface area contributed by atoms with Gasteiger partial charge in [-0.15, -0.1) is 10.2 Å². The van der Waals surface area contributed by atoms with Crippen molar-refractivity contribution in [2.45, 2.75) is 32.6 Å². The molecule has 0 radical (unpaired) electrons. The van der Waals surface area contributed by atoms with Gasteiger partial charge in [0.25, 0.3) is 0 Å². The molecule has 0 saturated carbocycles. The summed E-state index contributed by atoms with van der Waals surface area (Å²) < 4.78 is 15.8. The first-order chi connectivity index (χ1) is 14.1. The number of aromatic nitrogens is 2. The minimum Gasteiger partial charge on any atom is -0.459 e. The van der Waals surface area contributed by atoms with Crippen LogP contribution in [-0.4, -0.2) is 28.3 Å². The Kier molecular flexibility index (Phi) is 6.94. The summed E-state index contributed by atoms with van der Waals surface area (Å²) in [7, 11) is 0. The lowest BCUT2D eigenvalue weighted by Crippen LogP contribution is -2.43. The Bertz CT molecular complexity index is 928. The number of nitrogens with zero attached hydrogens (tertiary/aromatic N) is 2. The van der Waals surface area contributed by atoms with Gasteiger partial charge in [0.2, 0.25) is 11.8 Å². The zero-order valence-corrected chi connectivity index (χ0v) is 15.9. The van der Waals surface area contributed by atoms with Crippen LogP contribution in [0.2, 0.25) is 0 Å². The number of alkyl carbamates (subject to hydrolysis) is 1. The first kappa shape index (κ1) is 20.1. The third-order valence-electron chi connectivity index (χ3n) is 3.96. The fourth-order valence-corrected chi connectivity index (χ4v) is 2.52. The summed E-state index contributed by atoms with van der Waals surface area (Å²) in [6, 6.07) is 17.4. The standard InChI is InChI=1S/C21H21N3O5/c1-15-23-24-19(29-15)12-18(20(25)27-13-16-8-4-2-5-9-16)22-21(26)28-14-17-10-6-3-7-11-17/h2-11,18H,12-14H2,1H3,(H,22,26)/t18-/m0/s1. The molecule has 1 N–H and O–H groups in total. The molecular weight excluding hydrogens is 374 g/mol. The summed E-state index contributed by atoms with van der Waals surface area (Å²) in [6.45, 7) is 1.80. The normalized spacial score (nSPS) is 11.5. The summed E-state index contributed by atoms with van der Waals surface area (Å²) in [6.07, 6.45) is -0.749. The number of ether oxygens (including phenoxy) is 2. The van der Waals surface area contributed by atoms with Crippen molar-refractivity contribution in [1.29, 1.82) is 0 Å². The van der Waals surface area contributed by atoms with Gasteiger partial charge >= 0.3 is 12.1 Å². The smallest absolute Gasteiger partial charge is 0.408 e. The van der Waals surface area contributed by atoms with Gasteiger partial charge in [-0.2, -0.15) is 0 Å². The van der Waals surface area contributed by atoms with Gasteiger partial charge in [-0.05, 0) is 11.1 Å². The molecule has 0 aliphatic heterocycles. The lowest BCUT2D eigenvalue weighted by atomic mass is 10.2. The van der Waals surface area contributed by atoms with Crippen LogP contribution in [0.25, 0.3) is 0 Å². The maximum absolute atomic E-state index is 12.6. The number of hydrogen-bond donors (Lipinski definition) is 1. The van der Waals surface area contributed by atoms with Gasteiger partial charge in [0.1, 0.15) is 19.3 Å². The molecule has 1 atom stereocenters. The Balaban J connectivity index is 1.60. The van der Waals surface area contributed by atoms with Crippen LogP contribution in [0.1, 0.15) is 22.9 Å². The monoisotopic (exact) mass is 395 g/mol. The second-order valence-corrected chi connectivity index (χ2v) is 6.27. The molecule has 8 heteroatoms. The van der Waals surface area contributed by atoms with Crippen molar-refractivity contribution in [1.82, 2.24) is 15.5 Å². The highest BCUT2D eigenvalue weighted by atomic mass is 16.6. The van der Waals surface area contributed by atoms with Crippen molar-refractivity contribution in [3.63, 3.8) is 0 Å². The van der Waals surface area contributed by atoms with Crippen LogP contribution in [0.15, 0.2) is 65.1 Å². The third-order valence-corrected chi connectivity index (χ3v) is 3.96. The average Bonchev–Trinajstić information content (AvgIpc) is 3.16. The van der Waals surface area contributed by atoms with E-state index in [4.69, 9.17) is 13.9 Å². The van der Waals surface area contributed by atoms with E-state index in [0.29, 0.717) is 5.89 Å². The van der Waals surface area contributed by atoms with Gasteiger partial charge in [0, 0.05) is 6.92 Å². The van der Waals surface area contributed by atoms with E-state index in [1.807, 2.05) is 60.7 Å². The first-order valence-electron chi connectivity index (χ1n) is 9.07. The second kappa shape index (κ2) is 10.0. The van der Waals surface area contributed by atoms with Crippen LogP contribution >= 0.6 is 0 Å². The second-order valence-electron chi connectivity index (χ2n) is 6.27. The van der Waals surface area contributed by atoms with Crippen LogP contribution in [0, 0.1) is 6.92 Å². The van der Waals surface area contributed by atoms with Crippen LogP contribution in [0.3, 0.4) is 0 Å². The van der Waals surface area contributed by atoms with E-state index >= 15 is 0 Å². The zero-order valence-electron chi connectivity index (χ0n) is 15.9. The van der Waals surface area contributed by atoms with Gasteiger partial charge in [-0.1, -0.05) is 60.7 Å². The molecule has 29 heavy (non-hydrogen) atoms. The molecule has 0 saturated heterocycles. The molecule has 3 rings (SSSR count). The van der Waals surface area contributed by atoms with Crippen LogP contribution in [0.4, 0.5) is 4.79 Å². The molecule has 0 bridgehead atoms. The zero-order chi connectivity index (χ0) is 20.5. The predicted octanol–water partition coefficient (Wildman–Crippen LogP) is 2.96. The van der Waals surface area contributed by atoms with Crippen molar-refractivity contribution in [3.05, 3.63) is 83.6 Å². The topological polar surface area (TPSA) is 104 Å². The largest absolute Gasteiger partial charge is 0.459 e. The Labute approximate surface area is 167 Å². The number of carbonyl (C=O) groups is 2. The number of amides is 1. The molecule has 0 aliphatic rings. The van der Waals surface area contributed by atoms with E-state index < -0.39 is 18.1 Å². The fourth-order valence-electron chi connectivity index (χ4n) is 2.52. The van der Waals surface area contributed by atoms with Gasteiger partial charge < -0.3 is 19.2 Å². The Hall–Kier alpha value is -3.68. The van der Waals surface area contributed by atoms with Crippen molar-refractivity contribution in [3.8, 4) is 0 Å². The van der Waals surface area contributed by atoms with Crippen molar-refractivity contribution in [2.75, 3.05) is 0 Å². The van der Waals surface area contributed by atoms with Gasteiger partial charge in [0.15, 0.2) is 0 Å². The summed E-state index contributed by atoms with van der Waals surface area (Å²) in [5.41, 5.74) is 1.67. The van der Waals surface area contributed by atoms with Crippen LogP contribution in [0.5, 0.6) is 0 Å². The van der Waals surface area contributed by atoms with E-state index in [2.05, 4.69) is 15.5 Å².